The standard InChI is InChI=1S/C24H21BrF3N3O5S/c1-36-19-8-14(11-29)18(25)10-17(19)22(32)31-21-13-6-5-12(7-13)20(21)23(33)30-15-3-2-4-16(9-15)37(34,35)24(26,27)28/h2-4,8-10,12-13,20-21H,5-7H2,1H3,(H,30,33)(H,31,32). The van der Waals surface area contributed by atoms with Crippen LogP contribution in [0, 0.1) is 29.1 Å². The molecule has 0 radical (unpaired) electrons. The summed E-state index contributed by atoms with van der Waals surface area (Å²) in [5, 5.41) is 14.7. The second kappa shape index (κ2) is 9.98. The predicted molar refractivity (Wildman–Crippen MR) is 129 cm³/mol. The molecule has 196 valence electrons. The summed E-state index contributed by atoms with van der Waals surface area (Å²) in [6.07, 6.45) is 2.25. The van der Waals surface area contributed by atoms with Crippen molar-refractivity contribution in [3.05, 3.63) is 52.0 Å². The number of amides is 2. The molecule has 2 aromatic rings. The van der Waals surface area contributed by atoms with Crippen molar-refractivity contribution in [1.29, 1.82) is 5.26 Å². The fourth-order valence-corrected chi connectivity index (χ4v) is 6.43. The Bertz CT molecular complexity index is 1410. The van der Waals surface area contributed by atoms with Crippen molar-refractivity contribution >= 4 is 43.3 Å². The summed E-state index contributed by atoms with van der Waals surface area (Å²) in [4.78, 5) is 25.5. The summed E-state index contributed by atoms with van der Waals surface area (Å²) in [7, 11) is -4.22. The maximum absolute atomic E-state index is 13.2. The molecule has 4 atom stereocenters. The Balaban J connectivity index is 1.56. The van der Waals surface area contributed by atoms with E-state index in [-0.39, 0.29) is 34.4 Å². The number of alkyl halides is 3. The Labute approximate surface area is 219 Å². The number of nitrogens with one attached hydrogen (secondary N) is 2. The maximum Gasteiger partial charge on any atom is 0.501 e. The first kappa shape index (κ1) is 26.9. The number of fused-ring (bicyclic) bond motifs is 2. The highest BCUT2D eigenvalue weighted by molar-refractivity contribution is 9.10. The van der Waals surface area contributed by atoms with Crippen molar-refractivity contribution in [2.24, 2.45) is 17.8 Å². The van der Waals surface area contributed by atoms with E-state index in [4.69, 9.17) is 4.74 Å². The van der Waals surface area contributed by atoms with Crippen molar-refractivity contribution in [3.8, 4) is 11.8 Å². The molecule has 4 rings (SSSR count). The number of nitrogens with zero attached hydrogens (tertiary/aromatic N) is 1. The fraction of sp³-hybridized carbons (Fsp3) is 0.375. The first-order valence-corrected chi connectivity index (χ1v) is 13.5. The molecular weight excluding hydrogens is 579 g/mol. The van der Waals surface area contributed by atoms with E-state index in [9.17, 15) is 36.4 Å². The minimum Gasteiger partial charge on any atom is -0.496 e. The van der Waals surface area contributed by atoms with Crippen molar-refractivity contribution in [1.82, 2.24) is 5.32 Å². The molecule has 13 heteroatoms. The van der Waals surface area contributed by atoms with E-state index in [2.05, 4.69) is 26.6 Å². The molecular formula is C24H21BrF3N3O5S. The van der Waals surface area contributed by atoms with Gasteiger partial charge in [-0.05, 0) is 77.4 Å². The van der Waals surface area contributed by atoms with Crippen LogP contribution < -0.4 is 15.4 Å². The lowest BCUT2D eigenvalue weighted by Crippen LogP contribution is -2.48. The number of halogens is 4. The highest BCUT2D eigenvalue weighted by Crippen LogP contribution is 2.49. The molecule has 2 N–H and O–H groups in total. The highest BCUT2D eigenvalue weighted by atomic mass is 79.9. The lowest BCUT2D eigenvalue weighted by Gasteiger charge is -2.31. The molecule has 4 unspecified atom stereocenters. The first-order valence-electron chi connectivity index (χ1n) is 11.2. The average Bonchev–Trinajstić information content (AvgIpc) is 3.45. The Morgan fingerprint density at radius 2 is 1.86 bits per heavy atom. The van der Waals surface area contributed by atoms with E-state index >= 15 is 0 Å². The molecule has 2 fully saturated rings. The van der Waals surface area contributed by atoms with Gasteiger partial charge in [-0.25, -0.2) is 8.42 Å². The summed E-state index contributed by atoms with van der Waals surface area (Å²) in [6, 6.07) is 8.31. The quantitative estimate of drug-likeness (QED) is 0.507. The number of nitriles is 1. The van der Waals surface area contributed by atoms with Gasteiger partial charge >= 0.3 is 5.51 Å². The fourth-order valence-electron chi connectivity index (χ4n) is 5.19. The van der Waals surface area contributed by atoms with E-state index in [0.29, 0.717) is 10.9 Å². The van der Waals surface area contributed by atoms with Crippen molar-refractivity contribution in [3.63, 3.8) is 0 Å². The Morgan fingerprint density at radius 1 is 1.16 bits per heavy atom. The minimum atomic E-state index is -5.58. The number of carbonyl (C=O) groups is 2. The number of sulfone groups is 1. The van der Waals surface area contributed by atoms with Gasteiger partial charge in [0, 0.05) is 16.2 Å². The highest BCUT2D eigenvalue weighted by Gasteiger charge is 2.52. The van der Waals surface area contributed by atoms with Gasteiger partial charge in [0.15, 0.2) is 0 Å². The van der Waals surface area contributed by atoms with Gasteiger partial charge in [0.05, 0.1) is 29.1 Å². The van der Waals surface area contributed by atoms with E-state index in [1.54, 1.807) is 0 Å². The smallest absolute Gasteiger partial charge is 0.496 e. The number of ether oxygens (including phenoxy) is 1. The van der Waals surface area contributed by atoms with Crippen LogP contribution in [0.4, 0.5) is 18.9 Å². The number of hydrogen-bond donors (Lipinski definition) is 2. The number of methoxy groups -OCH3 is 1. The monoisotopic (exact) mass is 599 g/mol. The van der Waals surface area contributed by atoms with Crippen LogP contribution in [-0.2, 0) is 14.6 Å². The number of anilines is 1. The Morgan fingerprint density at radius 3 is 2.51 bits per heavy atom. The molecule has 2 amide bonds. The average molecular weight is 600 g/mol. The van der Waals surface area contributed by atoms with Crippen LogP contribution in [0.25, 0.3) is 0 Å². The van der Waals surface area contributed by atoms with Crippen LogP contribution >= 0.6 is 15.9 Å². The topological polar surface area (TPSA) is 125 Å². The Hall–Kier alpha value is -3.11. The number of hydrogen-bond acceptors (Lipinski definition) is 6. The molecule has 2 aliphatic rings. The number of carbonyl (C=O) groups excluding carboxylic acids is 2. The number of benzene rings is 2. The zero-order valence-corrected chi connectivity index (χ0v) is 21.7. The molecule has 2 bridgehead atoms. The van der Waals surface area contributed by atoms with E-state index in [0.717, 1.165) is 31.0 Å². The molecule has 37 heavy (non-hydrogen) atoms. The van der Waals surface area contributed by atoms with E-state index in [1.807, 2.05) is 6.07 Å². The molecule has 0 saturated heterocycles. The summed E-state index contributed by atoms with van der Waals surface area (Å²) < 4.78 is 68.0. The zero-order valence-electron chi connectivity index (χ0n) is 19.3. The van der Waals surface area contributed by atoms with Gasteiger partial charge in [-0.2, -0.15) is 18.4 Å². The Kier molecular flexibility index (Phi) is 7.27. The van der Waals surface area contributed by atoms with Gasteiger partial charge in [-0.3, -0.25) is 9.59 Å². The third kappa shape index (κ3) is 5.04. The van der Waals surface area contributed by atoms with E-state index in [1.165, 1.54) is 25.3 Å². The van der Waals surface area contributed by atoms with Crippen molar-refractivity contribution in [2.75, 3.05) is 12.4 Å². The van der Waals surface area contributed by atoms with Gasteiger partial charge in [0.25, 0.3) is 15.7 Å². The molecule has 2 aromatic carbocycles. The van der Waals surface area contributed by atoms with Crippen LogP contribution in [0.1, 0.15) is 35.2 Å². The second-order valence-corrected chi connectivity index (χ2v) is 11.8. The molecule has 2 aliphatic carbocycles. The van der Waals surface area contributed by atoms with Crippen molar-refractivity contribution in [2.45, 2.75) is 35.7 Å². The summed E-state index contributed by atoms with van der Waals surface area (Å²) in [5.74, 6) is -1.54. The van der Waals surface area contributed by atoms with Crippen LogP contribution in [0.3, 0.4) is 0 Å². The molecule has 2 saturated carbocycles. The van der Waals surface area contributed by atoms with Gasteiger partial charge in [0.2, 0.25) is 5.91 Å². The zero-order chi connectivity index (χ0) is 27.1. The van der Waals surface area contributed by atoms with Crippen molar-refractivity contribution < 1.29 is 35.9 Å². The van der Waals surface area contributed by atoms with Crippen LogP contribution in [0.15, 0.2) is 45.8 Å². The van der Waals surface area contributed by atoms with E-state index < -0.39 is 44.0 Å². The van der Waals surface area contributed by atoms with Gasteiger partial charge in [-0.15, -0.1) is 0 Å². The molecule has 8 nitrogen and oxygen atoms in total. The molecule has 0 heterocycles. The minimum absolute atomic E-state index is 0.0226. The maximum atomic E-state index is 13.2. The van der Waals surface area contributed by atoms with Gasteiger partial charge in [0.1, 0.15) is 11.8 Å². The number of rotatable bonds is 6. The third-order valence-corrected chi connectivity index (χ3v) is 9.03. The lowest BCUT2D eigenvalue weighted by molar-refractivity contribution is -0.122. The van der Waals surface area contributed by atoms with Gasteiger partial charge < -0.3 is 15.4 Å². The second-order valence-electron chi connectivity index (χ2n) is 8.97. The third-order valence-electron chi connectivity index (χ3n) is 6.89. The SMILES string of the molecule is COc1cc(C#N)c(Br)cc1C(=O)NC1C2CCC(C2)C1C(=O)Nc1cccc(S(=O)(=O)C(F)(F)F)c1. The molecule has 0 spiro atoms. The van der Waals surface area contributed by atoms with Crippen LogP contribution in [-0.4, -0.2) is 38.9 Å². The normalized spacial score (nSPS) is 22.8. The molecule has 0 aromatic heterocycles. The lowest BCUT2D eigenvalue weighted by atomic mass is 9.83. The summed E-state index contributed by atoms with van der Waals surface area (Å²) in [6.45, 7) is 0. The first-order chi connectivity index (χ1) is 17.4. The molecule has 0 aliphatic heterocycles. The predicted octanol–water partition coefficient (Wildman–Crippen LogP) is 4.41. The summed E-state index contributed by atoms with van der Waals surface area (Å²) in [5.41, 5.74) is -5.13. The van der Waals surface area contributed by atoms with Crippen LogP contribution in [0.2, 0.25) is 0 Å². The summed E-state index contributed by atoms with van der Waals surface area (Å²) >= 11 is 3.25. The van der Waals surface area contributed by atoms with Crippen LogP contribution in [0.5, 0.6) is 5.75 Å². The largest absolute Gasteiger partial charge is 0.501 e. The van der Waals surface area contributed by atoms with Gasteiger partial charge in [-0.1, -0.05) is 6.07 Å².